The van der Waals surface area contributed by atoms with Crippen LogP contribution in [0.1, 0.15) is 26.0 Å². The first kappa shape index (κ1) is 22.2. The number of hydrogen-bond acceptors (Lipinski definition) is 7. The Hall–Kier alpha value is -3.01. The van der Waals surface area contributed by atoms with Crippen molar-refractivity contribution in [1.29, 1.82) is 0 Å². The summed E-state index contributed by atoms with van der Waals surface area (Å²) in [6, 6.07) is 5.53. The van der Waals surface area contributed by atoms with E-state index in [1.54, 1.807) is 20.2 Å². The minimum Gasteiger partial charge on any atom is -0.491 e. The van der Waals surface area contributed by atoms with Gasteiger partial charge in [0.25, 0.3) is 0 Å². The molecule has 0 saturated carbocycles. The van der Waals surface area contributed by atoms with Gasteiger partial charge in [-0.25, -0.2) is 9.97 Å². The number of aliphatic hydroxyl groups excluding tert-OH is 1. The van der Waals surface area contributed by atoms with E-state index < -0.39 is 11.7 Å². The van der Waals surface area contributed by atoms with Crippen molar-refractivity contribution in [3.8, 4) is 17.0 Å². The molecule has 3 aromatic heterocycles. The van der Waals surface area contributed by atoms with Crippen LogP contribution in [0.25, 0.3) is 22.2 Å². The lowest BCUT2D eigenvalue weighted by Crippen LogP contribution is -2.30. The topological polar surface area (TPSA) is 108 Å². The highest BCUT2D eigenvalue weighted by molar-refractivity contribution is 5.98. The van der Waals surface area contributed by atoms with Gasteiger partial charge in [-0.1, -0.05) is 0 Å². The van der Waals surface area contributed by atoms with E-state index in [1.807, 2.05) is 36.0 Å². The van der Waals surface area contributed by atoms with Gasteiger partial charge in [-0.2, -0.15) is 0 Å². The van der Waals surface area contributed by atoms with Crippen molar-refractivity contribution in [2.75, 3.05) is 32.2 Å². The third kappa shape index (κ3) is 4.32. The molecule has 1 aliphatic heterocycles. The molecule has 2 atom stereocenters. The molecule has 170 valence electrons. The Balaban J connectivity index is 1.86. The van der Waals surface area contributed by atoms with Gasteiger partial charge in [0.05, 0.1) is 35.8 Å². The van der Waals surface area contributed by atoms with Crippen molar-refractivity contribution in [3.05, 3.63) is 36.3 Å². The quantitative estimate of drug-likeness (QED) is 0.581. The van der Waals surface area contributed by atoms with Crippen molar-refractivity contribution >= 4 is 22.6 Å². The van der Waals surface area contributed by atoms with Crippen LogP contribution < -0.4 is 10.1 Å². The number of ether oxygens (including phenoxy) is 3. The highest BCUT2D eigenvalue weighted by Gasteiger charge is 2.39. The summed E-state index contributed by atoms with van der Waals surface area (Å²) in [6.45, 7) is 4.27. The van der Waals surface area contributed by atoms with Crippen LogP contribution in [0.3, 0.4) is 0 Å². The number of carbonyl (C=O) groups excluding carboxylic acids is 1. The molecule has 0 bridgehead atoms. The number of hydrogen-bond donors (Lipinski definition) is 2. The Kier molecular flexibility index (Phi) is 6.14. The Labute approximate surface area is 186 Å². The molecule has 0 aliphatic carbocycles. The molecule has 32 heavy (non-hydrogen) atoms. The highest BCUT2D eigenvalue weighted by atomic mass is 16.5. The van der Waals surface area contributed by atoms with Crippen LogP contribution in [0.4, 0.5) is 5.82 Å². The lowest BCUT2D eigenvalue weighted by molar-refractivity contribution is -0.114. The zero-order chi connectivity index (χ0) is 22.9. The van der Waals surface area contributed by atoms with E-state index in [1.165, 1.54) is 6.92 Å². The predicted octanol–water partition coefficient (Wildman–Crippen LogP) is 2.62. The maximum absolute atomic E-state index is 11.5. The number of aromatic nitrogens is 3. The number of fused-ring (bicyclic) bond motifs is 1. The fraction of sp³-hybridized carbons (Fsp3) is 0.435. The maximum Gasteiger partial charge on any atom is 0.222 e. The molecule has 1 saturated heterocycles. The second-order valence-corrected chi connectivity index (χ2v) is 8.16. The van der Waals surface area contributed by atoms with Crippen LogP contribution in [0, 0.1) is 0 Å². The number of aliphatic hydroxyl groups is 1. The number of amides is 1. The van der Waals surface area contributed by atoms with Crippen LogP contribution in [0.15, 0.2) is 30.6 Å². The summed E-state index contributed by atoms with van der Waals surface area (Å²) in [6.07, 6.45) is 3.77. The van der Waals surface area contributed by atoms with Crippen LogP contribution in [-0.2, 0) is 26.9 Å². The van der Waals surface area contributed by atoms with E-state index in [4.69, 9.17) is 19.2 Å². The monoisotopic (exact) mass is 440 g/mol. The molecule has 3 aromatic rings. The first-order chi connectivity index (χ1) is 15.3. The van der Waals surface area contributed by atoms with E-state index in [0.29, 0.717) is 42.6 Å². The third-order valence-corrected chi connectivity index (χ3v) is 5.59. The van der Waals surface area contributed by atoms with Crippen molar-refractivity contribution in [2.24, 2.45) is 7.05 Å². The standard InChI is InChI=1S/C23H28N4O5/c1-14(28)12-32-16-7-19(26-21(8-16)23(30-4)5-6-31-13-23)18-11-27(3)20-10-24-22(9-17(18)20)25-15(2)29/h7-11,14,28H,5-6,12-13H2,1-4H3,(H,24,25,29)/t14?,23-/m0/s1. The Morgan fingerprint density at radius 1 is 1.41 bits per heavy atom. The summed E-state index contributed by atoms with van der Waals surface area (Å²) in [7, 11) is 3.59. The zero-order valence-electron chi connectivity index (χ0n) is 18.7. The molecule has 0 radical (unpaired) electrons. The zero-order valence-corrected chi connectivity index (χ0v) is 18.7. The molecule has 9 heteroatoms. The van der Waals surface area contributed by atoms with E-state index in [2.05, 4.69) is 10.3 Å². The molecule has 0 spiro atoms. The molecule has 2 N–H and O–H groups in total. The van der Waals surface area contributed by atoms with Gasteiger partial charge >= 0.3 is 0 Å². The molecule has 4 heterocycles. The predicted molar refractivity (Wildman–Crippen MR) is 120 cm³/mol. The molecular weight excluding hydrogens is 412 g/mol. The first-order valence-corrected chi connectivity index (χ1v) is 10.5. The number of carbonyl (C=O) groups is 1. The minimum atomic E-state index is -0.660. The Morgan fingerprint density at radius 3 is 2.88 bits per heavy atom. The molecule has 1 unspecified atom stereocenters. The number of aryl methyl sites for hydroxylation is 1. The SMILES string of the molecule is CO[C@@]1(c2cc(OCC(C)O)cc(-c3cn(C)c4cnc(NC(C)=O)cc34)n2)CCOC1. The molecule has 9 nitrogen and oxygen atoms in total. The second kappa shape index (κ2) is 8.85. The summed E-state index contributed by atoms with van der Waals surface area (Å²) >= 11 is 0. The minimum absolute atomic E-state index is 0.158. The van der Waals surface area contributed by atoms with E-state index in [-0.39, 0.29) is 12.5 Å². The van der Waals surface area contributed by atoms with Gasteiger partial charge in [0, 0.05) is 63.4 Å². The van der Waals surface area contributed by atoms with Crippen molar-refractivity contribution in [3.63, 3.8) is 0 Å². The molecule has 0 aromatic carbocycles. The van der Waals surface area contributed by atoms with Crippen molar-refractivity contribution in [1.82, 2.24) is 14.5 Å². The fourth-order valence-electron chi connectivity index (χ4n) is 3.92. The van der Waals surface area contributed by atoms with Gasteiger partial charge < -0.3 is 29.2 Å². The number of rotatable bonds is 7. The number of anilines is 1. The van der Waals surface area contributed by atoms with Crippen molar-refractivity contribution < 1.29 is 24.1 Å². The smallest absolute Gasteiger partial charge is 0.222 e. The molecule has 4 rings (SSSR count). The number of nitrogens with zero attached hydrogens (tertiary/aromatic N) is 3. The molecular formula is C23H28N4O5. The van der Waals surface area contributed by atoms with Crippen molar-refractivity contribution in [2.45, 2.75) is 32.0 Å². The van der Waals surface area contributed by atoms with Crippen LogP contribution in [0.5, 0.6) is 5.75 Å². The first-order valence-electron chi connectivity index (χ1n) is 10.5. The maximum atomic E-state index is 11.5. The Bertz CT molecular complexity index is 1130. The van der Waals surface area contributed by atoms with E-state index >= 15 is 0 Å². The van der Waals surface area contributed by atoms with Crippen LogP contribution in [-0.4, -0.2) is 58.6 Å². The van der Waals surface area contributed by atoms with Gasteiger partial charge in [-0.15, -0.1) is 0 Å². The van der Waals surface area contributed by atoms with Gasteiger partial charge in [0.15, 0.2) is 0 Å². The number of nitrogens with one attached hydrogen (secondary N) is 1. The highest BCUT2D eigenvalue weighted by Crippen LogP contribution is 2.38. The fourth-order valence-corrected chi connectivity index (χ4v) is 3.92. The Morgan fingerprint density at radius 2 is 2.22 bits per heavy atom. The lowest BCUT2D eigenvalue weighted by atomic mass is 9.96. The van der Waals surface area contributed by atoms with Gasteiger partial charge in [0.1, 0.15) is 23.8 Å². The van der Waals surface area contributed by atoms with Crippen LogP contribution in [0.2, 0.25) is 0 Å². The average molecular weight is 441 g/mol. The van der Waals surface area contributed by atoms with Gasteiger partial charge in [-0.3, -0.25) is 4.79 Å². The number of pyridine rings is 2. The normalized spacial score (nSPS) is 19.3. The van der Waals surface area contributed by atoms with E-state index in [9.17, 15) is 9.90 Å². The average Bonchev–Trinajstić information content (AvgIpc) is 3.37. The van der Waals surface area contributed by atoms with Gasteiger partial charge in [0.2, 0.25) is 5.91 Å². The molecule has 1 fully saturated rings. The summed E-state index contributed by atoms with van der Waals surface area (Å²) < 4.78 is 19.3. The van der Waals surface area contributed by atoms with Gasteiger partial charge in [-0.05, 0) is 13.0 Å². The van der Waals surface area contributed by atoms with Crippen LogP contribution >= 0.6 is 0 Å². The van der Waals surface area contributed by atoms with E-state index in [0.717, 1.165) is 16.5 Å². The molecule has 1 amide bonds. The second-order valence-electron chi connectivity index (χ2n) is 8.16. The molecule has 1 aliphatic rings. The number of methoxy groups -OCH3 is 1. The summed E-state index contributed by atoms with van der Waals surface area (Å²) in [4.78, 5) is 20.8. The summed E-state index contributed by atoms with van der Waals surface area (Å²) in [5.41, 5.74) is 2.51. The summed E-state index contributed by atoms with van der Waals surface area (Å²) in [5.74, 6) is 0.866. The summed E-state index contributed by atoms with van der Waals surface area (Å²) in [5, 5.41) is 13.3. The third-order valence-electron chi connectivity index (χ3n) is 5.59. The largest absolute Gasteiger partial charge is 0.491 e. The lowest BCUT2D eigenvalue weighted by Gasteiger charge is -2.26.